The second-order valence-corrected chi connectivity index (χ2v) is 4.18. The quantitative estimate of drug-likeness (QED) is 0.784. The van der Waals surface area contributed by atoms with Crippen LogP contribution >= 0.6 is 12.4 Å². The second kappa shape index (κ2) is 8.15. The average Bonchev–Trinajstić information content (AvgIpc) is 2.26. The van der Waals surface area contributed by atoms with Crippen LogP contribution in [0.15, 0.2) is 36.9 Å². The summed E-state index contributed by atoms with van der Waals surface area (Å²) in [6.07, 6.45) is 3.90. The fourth-order valence-corrected chi connectivity index (χ4v) is 1.60. The molecule has 0 amide bonds. The molecule has 96 valence electrons. The SMILES string of the molecule is C=CCC[C@@H](N)c1ccccc1OC(C)C.Cl. The summed E-state index contributed by atoms with van der Waals surface area (Å²) in [6.45, 7) is 7.75. The van der Waals surface area contributed by atoms with Gasteiger partial charge in [0.25, 0.3) is 0 Å². The van der Waals surface area contributed by atoms with E-state index >= 15 is 0 Å². The van der Waals surface area contributed by atoms with E-state index in [9.17, 15) is 0 Å². The van der Waals surface area contributed by atoms with Crippen molar-refractivity contribution in [2.24, 2.45) is 5.73 Å². The molecule has 0 heterocycles. The minimum Gasteiger partial charge on any atom is -0.491 e. The lowest BCUT2D eigenvalue weighted by Gasteiger charge is -2.18. The smallest absolute Gasteiger partial charge is 0.124 e. The Kier molecular flexibility index (Phi) is 7.68. The Morgan fingerprint density at radius 1 is 1.35 bits per heavy atom. The number of para-hydroxylation sites is 1. The number of halogens is 1. The summed E-state index contributed by atoms with van der Waals surface area (Å²) < 4.78 is 5.74. The summed E-state index contributed by atoms with van der Waals surface area (Å²) in [5, 5.41) is 0. The van der Waals surface area contributed by atoms with Crippen LogP contribution in [0.1, 0.15) is 38.3 Å². The van der Waals surface area contributed by atoms with Gasteiger partial charge in [0.2, 0.25) is 0 Å². The summed E-state index contributed by atoms with van der Waals surface area (Å²) in [5.74, 6) is 0.897. The molecule has 1 aromatic rings. The van der Waals surface area contributed by atoms with Crippen LogP contribution in [0.25, 0.3) is 0 Å². The molecule has 1 aromatic carbocycles. The molecular weight excluding hydrogens is 234 g/mol. The first kappa shape index (κ1) is 16.0. The van der Waals surface area contributed by atoms with Crippen LogP contribution in [0.4, 0.5) is 0 Å². The maximum Gasteiger partial charge on any atom is 0.124 e. The van der Waals surface area contributed by atoms with Gasteiger partial charge in [0.05, 0.1) is 6.10 Å². The van der Waals surface area contributed by atoms with E-state index in [1.54, 1.807) is 0 Å². The first-order valence-corrected chi connectivity index (χ1v) is 5.77. The highest BCUT2D eigenvalue weighted by atomic mass is 35.5. The Balaban J connectivity index is 0.00000256. The molecule has 0 spiro atoms. The second-order valence-electron chi connectivity index (χ2n) is 4.18. The predicted molar refractivity (Wildman–Crippen MR) is 75.8 cm³/mol. The summed E-state index contributed by atoms with van der Waals surface area (Å²) in [4.78, 5) is 0. The molecule has 3 heteroatoms. The normalized spacial score (nSPS) is 11.8. The van der Waals surface area contributed by atoms with Crippen LogP contribution in [-0.2, 0) is 0 Å². The van der Waals surface area contributed by atoms with Gasteiger partial charge in [-0.15, -0.1) is 19.0 Å². The van der Waals surface area contributed by atoms with Crippen LogP contribution in [0.2, 0.25) is 0 Å². The molecule has 2 N–H and O–H groups in total. The molecule has 0 bridgehead atoms. The number of rotatable bonds is 6. The first-order chi connectivity index (χ1) is 7.65. The highest BCUT2D eigenvalue weighted by Gasteiger charge is 2.11. The molecule has 0 aliphatic heterocycles. The van der Waals surface area contributed by atoms with Crippen molar-refractivity contribution in [3.63, 3.8) is 0 Å². The van der Waals surface area contributed by atoms with Crippen molar-refractivity contribution in [3.05, 3.63) is 42.5 Å². The van der Waals surface area contributed by atoms with Crippen molar-refractivity contribution >= 4 is 12.4 Å². The van der Waals surface area contributed by atoms with Gasteiger partial charge in [-0.25, -0.2) is 0 Å². The molecule has 0 aliphatic rings. The Bertz CT molecular complexity index is 339. The molecule has 0 fully saturated rings. The zero-order valence-corrected chi connectivity index (χ0v) is 11.4. The number of nitrogens with two attached hydrogens (primary N) is 1. The largest absolute Gasteiger partial charge is 0.491 e. The lowest BCUT2D eigenvalue weighted by Crippen LogP contribution is -2.14. The summed E-state index contributed by atoms with van der Waals surface area (Å²) >= 11 is 0. The minimum atomic E-state index is 0. The third-order valence-corrected chi connectivity index (χ3v) is 2.36. The number of allylic oxidation sites excluding steroid dienone is 1. The van der Waals surface area contributed by atoms with E-state index in [1.807, 2.05) is 44.2 Å². The maximum absolute atomic E-state index is 6.13. The predicted octanol–water partition coefficient (Wildman–Crippen LogP) is 3.86. The van der Waals surface area contributed by atoms with E-state index in [2.05, 4.69) is 6.58 Å². The average molecular weight is 256 g/mol. The number of hydrogen-bond donors (Lipinski definition) is 1. The van der Waals surface area contributed by atoms with Gasteiger partial charge in [0, 0.05) is 11.6 Å². The Hall–Kier alpha value is -0.990. The van der Waals surface area contributed by atoms with Crippen molar-refractivity contribution in [2.45, 2.75) is 38.8 Å². The van der Waals surface area contributed by atoms with Crippen molar-refractivity contribution in [3.8, 4) is 5.75 Å². The number of benzene rings is 1. The third-order valence-electron chi connectivity index (χ3n) is 2.36. The fraction of sp³-hybridized carbons (Fsp3) is 0.429. The molecule has 2 nitrogen and oxygen atoms in total. The van der Waals surface area contributed by atoms with E-state index in [0.29, 0.717) is 0 Å². The van der Waals surface area contributed by atoms with Gasteiger partial charge in [-0.05, 0) is 32.8 Å². The zero-order chi connectivity index (χ0) is 12.0. The zero-order valence-electron chi connectivity index (χ0n) is 10.6. The summed E-state index contributed by atoms with van der Waals surface area (Å²) in [6, 6.07) is 8.00. The van der Waals surface area contributed by atoms with Gasteiger partial charge in [-0.3, -0.25) is 0 Å². The van der Waals surface area contributed by atoms with E-state index in [0.717, 1.165) is 24.2 Å². The molecule has 1 rings (SSSR count). The molecule has 1 atom stereocenters. The highest BCUT2D eigenvalue weighted by molar-refractivity contribution is 5.85. The van der Waals surface area contributed by atoms with Gasteiger partial charge in [0.15, 0.2) is 0 Å². The van der Waals surface area contributed by atoms with E-state index in [1.165, 1.54) is 0 Å². The van der Waals surface area contributed by atoms with Crippen molar-refractivity contribution < 1.29 is 4.74 Å². The Labute approximate surface area is 110 Å². The maximum atomic E-state index is 6.13. The van der Waals surface area contributed by atoms with Gasteiger partial charge in [-0.1, -0.05) is 24.3 Å². The topological polar surface area (TPSA) is 35.2 Å². The third kappa shape index (κ3) is 5.24. The minimum absolute atomic E-state index is 0. The fourth-order valence-electron chi connectivity index (χ4n) is 1.60. The van der Waals surface area contributed by atoms with Crippen LogP contribution in [-0.4, -0.2) is 6.10 Å². The van der Waals surface area contributed by atoms with Gasteiger partial charge in [0.1, 0.15) is 5.75 Å². The summed E-state index contributed by atoms with van der Waals surface area (Å²) in [7, 11) is 0. The van der Waals surface area contributed by atoms with Gasteiger partial charge >= 0.3 is 0 Å². The van der Waals surface area contributed by atoms with Crippen molar-refractivity contribution in [2.75, 3.05) is 0 Å². The lowest BCUT2D eigenvalue weighted by atomic mass is 10.0. The molecule has 17 heavy (non-hydrogen) atoms. The van der Waals surface area contributed by atoms with Crippen LogP contribution in [0, 0.1) is 0 Å². The Morgan fingerprint density at radius 3 is 2.59 bits per heavy atom. The van der Waals surface area contributed by atoms with Crippen LogP contribution in [0.3, 0.4) is 0 Å². The highest BCUT2D eigenvalue weighted by Crippen LogP contribution is 2.27. The first-order valence-electron chi connectivity index (χ1n) is 5.77. The molecule has 0 unspecified atom stereocenters. The lowest BCUT2D eigenvalue weighted by molar-refractivity contribution is 0.238. The van der Waals surface area contributed by atoms with Crippen LogP contribution < -0.4 is 10.5 Å². The molecule has 0 saturated carbocycles. The molecule has 0 aliphatic carbocycles. The Morgan fingerprint density at radius 2 is 2.00 bits per heavy atom. The summed E-state index contributed by atoms with van der Waals surface area (Å²) in [5.41, 5.74) is 7.21. The van der Waals surface area contributed by atoms with Crippen molar-refractivity contribution in [1.29, 1.82) is 0 Å². The number of ether oxygens (including phenoxy) is 1. The standard InChI is InChI=1S/C14H21NO.ClH/c1-4-5-9-13(15)12-8-6-7-10-14(12)16-11(2)3;/h4,6-8,10-11,13H,1,5,9,15H2,2-3H3;1H/t13-;/m1./s1. The monoisotopic (exact) mass is 255 g/mol. The molecule has 0 saturated heterocycles. The van der Waals surface area contributed by atoms with E-state index in [4.69, 9.17) is 10.5 Å². The van der Waals surface area contributed by atoms with Gasteiger partial charge in [-0.2, -0.15) is 0 Å². The number of hydrogen-bond acceptors (Lipinski definition) is 2. The van der Waals surface area contributed by atoms with Crippen molar-refractivity contribution in [1.82, 2.24) is 0 Å². The van der Waals surface area contributed by atoms with E-state index < -0.39 is 0 Å². The molecular formula is C14H22ClNO. The van der Waals surface area contributed by atoms with E-state index in [-0.39, 0.29) is 24.6 Å². The molecule has 0 aromatic heterocycles. The molecule has 0 radical (unpaired) electrons. The van der Waals surface area contributed by atoms with Gasteiger partial charge < -0.3 is 10.5 Å². The van der Waals surface area contributed by atoms with Crippen LogP contribution in [0.5, 0.6) is 5.75 Å².